The second-order valence-electron chi connectivity index (χ2n) is 6.25. The summed E-state index contributed by atoms with van der Waals surface area (Å²) in [5, 5.41) is 8.24. The van der Waals surface area contributed by atoms with Gasteiger partial charge in [-0.05, 0) is 79.9 Å². The maximum absolute atomic E-state index is 12.3. The Balaban J connectivity index is 1.77. The van der Waals surface area contributed by atoms with Crippen molar-refractivity contribution in [2.45, 2.75) is 13.5 Å². The van der Waals surface area contributed by atoms with E-state index in [1.165, 1.54) is 5.56 Å². The molecule has 0 spiro atoms. The Morgan fingerprint density at radius 2 is 1.79 bits per heavy atom. The first-order chi connectivity index (χ1) is 13.7. The molecule has 0 aliphatic carbocycles. The number of aliphatic carboxylic acids is 1. The van der Waals surface area contributed by atoms with Crippen LogP contribution in [0, 0.1) is 6.92 Å². The van der Waals surface area contributed by atoms with E-state index >= 15 is 0 Å². The average molecular weight is 541 g/mol. The van der Waals surface area contributed by atoms with Gasteiger partial charge >= 0.3 is 5.97 Å². The van der Waals surface area contributed by atoms with Crippen LogP contribution < -0.4 is 4.74 Å². The van der Waals surface area contributed by atoms with E-state index in [4.69, 9.17) is 9.84 Å². The van der Waals surface area contributed by atoms with Gasteiger partial charge in [0.05, 0.1) is 13.9 Å². The molecule has 3 rings (SSSR count). The molecule has 0 radical (unpaired) electrons. The van der Waals surface area contributed by atoms with E-state index in [0.29, 0.717) is 43.5 Å². The van der Waals surface area contributed by atoms with Crippen LogP contribution >= 0.6 is 43.6 Å². The molecule has 1 aliphatic rings. The van der Waals surface area contributed by atoms with Crippen LogP contribution in [0.4, 0.5) is 4.79 Å². The van der Waals surface area contributed by atoms with Gasteiger partial charge in [0.15, 0.2) is 0 Å². The number of imide groups is 1. The summed E-state index contributed by atoms with van der Waals surface area (Å²) in [6.45, 7) is 1.76. The number of rotatable bonds is 6. The number of aryl methyl sites for hydroxylation is 1. The first-order valence-corrected chi connectivity index (χ1v) is 10.8. The molecule has 6 nitrogen and oxygen atoms in total. The number of benzene rings is 2. The van der Waals surface area contributed by atoms with E-state index < -0.39 is 23.7 Å². The van der Waals surface area contributed by atoms with Crippen molar-refractivity contribution in [2.75, 3.05) is 6.54 Å². The predicted octanol–water partition coefficient (Wildman–Crippen LogP) is 5.22. The fourth-order valence-electron chi connectivity index (χ4n) is 2.56. The van der Waals surface area contributed by atoms with Gasteiger partial charge in [-0.25, -0.2) is 0 Å². The summed E-state index contributed by atoms with van der Waals surface area (Å²) in [6, 6.07) is 11.6. The van der Waals surface area contributed by atoms with Crippen LogP contribution in [0.3, 0.4) is 0 Å². The number of carbonyl (C=O) groups is 3. The number of nitrogens with zero attached hydrogens (tertiary/aromatic N) is 1. The fourth-order valence-corrected chi connectivity index (χ4v) is 4.85. The minimum absolute atomic E-state index is 0.170. The minimum atomic E-state index is -1.24. The molecule has 29 heavy (non-hydrogen) atoms. The van der Waals surface area contributed by atoms with Gasteiger partial charge in [0.1, 0.15) is 18.9 Å². The van der Waals surface area contributed by atoms with E-state index in [1.54, 1.807) is 18.2 Å². The van der Waals surface area contributed by atoms with Crippen molar-refractivity contribution >= 4 is 66.8 Å². The van der Waals surface area contributed by atoms with Crippen molar-refractivity contribution in [3.63, 3.8) is 0 Å². The number of carboxylic acid groups (broad SMARTS) is 1. The third-order valence-electron chi connectivity index (χ3n) is 3.99. The van der Waals surface area contributed by atoms with Crippen LogP contribution in [0.2, 0.25) is 0 Å². The minimum Gasteiger partial charge on any atom is -0.487 e. The lowest BCUT2D eigenvalue weighted by molar-refractivity contribution is -0.140. The molecule has 0 bridgehead atoms. The standard InChI is InChI=1S/C20H15Br2NO5S/c1-11-2-4-12(5-3-11)10-28-18-14(21)6-13(7-15(18)22)8-16-19(26)23(9-17(24)25)20(27)29-16/h2-8H,9-10H2,1H3,(H,24,25)/b16-8+. The highest BCUT2D eigenvalue weighted by atomic mass is 79.9. The van der Waals surface area contributed by atoms with E-state index in [0.717, 1.165) is 5.56 Å². The van der Waals surface area contributed by atoms with Crippen LogP contribution in [0.15, 0.2) is 50.2 Å². The van der Waals surface area contributed by atoms with E-state index in [1.807, 2.05) is 31.2 Å². The van der Waals surface area contributed by atoms with Gasteiger partial charge < -0.3 is 9.84 Å². The summed E-state index contributed by atoms with van der Waals surface area (Å²) in [6.07, 6.45) is 1.55. The topological polar surface area (TPSA) is 83.9 Å². The van der Waals surface area contributed by atoms with E-state index in [-0.39, 0.29) is 4.91 Å². The molecule has 9 heteroatoms. The summed E-state index contributed by atoms with van der Waals surface area (Å²) in [4.78, 5) is 35.9. The van der Waals surface area contributed by atoms with Crippen molar-refractivity contribution in [3.05, 3.63) is 66.9 Å². The molecule has 0 unspecified atom stereocenters. The maximum atomic E-state index is 12.3. The quantitative estimate of drug-likeness (QED) is 0.506. The molecule has 1 fully saturated rings. The van der Waals surface area contributed by atoms with Gasteiger partial charge in [-0.2, -0.15) is 0 Å². The molecule has 1 heterocycles. The van der Waals surface area contributed by atoms with Crippen molar-refractivity contribution in [1.29, 1.82) is 0 Å². The summed E-state index contributed by atoms with van der Waals surface area (Å²) in [5.74, 6) is -1.25. The molecule has 0 atom stereocenters. The van der Waals surface area contributed by atoms with Crippen LogP contribution in [-0.2, 0) is 16.2 Å². The third-order valence-corrected chi connectivity index (χ3v) is 6.07. The van der Waals surface area contributed by atoms with Gasteiger partial charge in [-0.3, -0.25) is 19.3 Å². The monoisotopic (exact) mass is 539 g/mol. The van der Waals surface area contributed by atoms with Crippen LogP contribution in [0.25, 0.3) is 6.08 Å². The third kappa shape index (κ3) is 5.29. The number of halogens is 2. The first-order valence-electron chi connectivity index (χ1n) is 8.39. The lowest BCUT2D eigenvalue weighted by Crippen LogP contribution is -2.33. The molecule has 2 amide bonds. The van der Waals surface area contributed by atoms with Crippen LogP contribution in [0.1, 0.15) is 16.7 Å². The highest BCUT2D eigenvalue weighted by Gasteiger charge is 2.36. The van der Waals surface area contributed by atoms with Crippen LogP contribution in [0.5, 0.6) is 5.75 Å². The van der Waals surface area contributed by atoms with E-state index in [9.17, 15) is 14.4 Å². The number of carboxylic acids is 1. The number of ether oxygens (including phenoxy) is 1. The molecule has 0 aromatic heterocycles. The molecule has 2 aromatic carbocycles. The molecule has 0 saturated carbocycles. The molecule has 150 valence electrons. The second-order valence-corrected chi connectivity index (χ2v) is 8.95. The highest BCUT2D eigenvalue weighted by Crippen LogP contribution is 2.38. The lowest BCUT2D eigenvalue weighted by atomic mass is 10.1. The van der Waals surface area contributed by atoms with Crippen LogP contribution in [-0.4, -0.2) is 33.7 Å². The van der Waals surface area contributed by atoms with Gasteiger partial charge in [-0.15, -0.1) is 0 Å². The Labute approximate surface area is 188 Å². The molecular formula is C20H15Br2NO5S. The van der Waals surface area contributed by atoms with Crippen molar-refractivity contribution in [3.8, 4) is 5.75 Å². The number of hydrogen-bond donors (Lipinski definition) is 1. The predicted molar refractivity (Wildman–Crippen MR) is 118 cm³/mol. The second kappa shape index (κ2) is 9.15. The normalized spacial score (nSPS) is 15.3. The van der Waals surface area contributed by atoms with Crippen molar-refractivity contribution in [1.82, 2.24) is 4.90 Å². The molecule has 1 saturated heterocycles. The smallest absolute Gasteiger partial charge is 0.323 e. The van der Waals surface area contributed by atoms with Gasteiger partial charge in [0.2, 0.25) is 0 Å². The molecule has 1 N–H and O–H groups in total. The van der Waals surface area contributed by atoms with Gasteiger partial charge in [0.25, 0.3) is 11.1 Å². The molecule has 1 aliphatic heterocycles. The molecule has 2 aromatic rings. The van der Waals surface area contributed by atoms with Gasteiger partial charge in [-0.1, -0.05) is 29.8 Å². The number of amides is 2. The summed E-state index contributed by atoms with van der Waals surface area (Å²) in [5.41, 5.74) is 2.87. The molecular weight excluding hydrogens is 526 g/mol. The van der Waals surface area contributed by atoms with Crippen molar-refractivity contribution < 1.29 is 24.2 Å². The largest absolute Gasteiger partial charge is 0.487 e. The number of hydrogen-bond acceptors (Lipinski definition) is 5. The Bertz CT molecular complexity index is 997. The fraction of sp³-hybridized carbons (Fsp3) is 0.150. The Kier molecular flexibility index (Phi) is 6.81. The summed E-state index contributed by atoms with van der Waals surface area (Å²) >= 11 is 7.66. The zero-order valence-electron chi connectivity index (χ0n) is 15.1. The summed E-state index contributed by atoms with van der Waals surface area (Å²) in [7, 11) is 0. The highest BCUT2D eigenvalue weighted by molar-refractivity contribution is 9.11. The van der Waals surface area contributed by atoms with Crippen molar-refractivity contribution in [2.24, 2.45) is 0 Å². The van der Waals surface area contributed by atoms with Gasteiger partial charge in [0, 0.05) is 0 Å². The maximum Gasteiger partial charge on any atom is 0.323 e. The van der Waals surface area contributed by atoms with E-state index in [2.05, 4.69) is 31.9 Å². The number of thioether (sulfide) groups is 1. The Morgan fingerprint density at radius 3 is 2.38 bits per heavy atom. The Hall–Kier alpha value is -2.10. The zero-order valence-corrected chi connectivity index (χ0v) is 19.1. The summed E-state index contributed by atoms with van der Waals surface area (Å²) < 4.78 is 7.26. The first kappa shape index (κ1) is 21.6. The number of carbonyl (C=O) groups excluding carboxylic acids is 2. The Morgan fingerprint density at radius 1 is 1.17 bits per heavy atom. The SMILES string of the molecule is Cc1ccc(COc2c(Br)cc(/C=C3/SC(=O)N(CC(=O)O)C3=O)cc2Br)cc1. The zero-order chi connectivity index (χ0) is 21.1. The average Bonchev–Trinajstić information content (AvgIpc) is 2.89. The lowest BCUT2D eigenvalue weighted by Gasteiger charge is -2.12.